The summed E-state index contributed by atoms with van der Waals surface area (Å²) < 4.78 is 0. The lowest BCUT2D eigenvalue weighted by Crippen LogP contribution is -2.34. The second kappa shape index (κ2) is 5.97. The number of hydrogen-bond acceptors (Lipinski definition) is 3. The molecule has 1 aromatic rings. The van der Waals surface area contributed by atoms with E-state index in [1.165, 1.54) is 32.1 Å². The second-order valence-electron chi connectivity index (χ2n) is 4.54. The van der Waals surface area contributed by atoms with E-state index >= 15 is 0 Å². The largest absolute Gasteiger partial charge is 0.387 e. The summed E-state index contributed by atoms with van der Waals surface area (Å²) in [5.41, 5.74) is 0.943. The van der Waals surface area contributed by atoms with Crippen LogP contribution in [0.15, 0.2) is 24.5 Å². The predicted molar refractivity (Wildman–Crippen MR) is 64.1 cm³/mol. The molecule has 1 aliphatic carbocycles. The van der Waals surface area contributed by atoms with Crippen molar-refractivity contribution in [2.24, 2.45) is 0 Å². The second-order valence-corrected chi connectivity index (χ2v) is 4.54. The first-order valence-corrected chi connectivity index (χ1v) is 6.17. The molecule has 1 saturated carbocycles. The summed E-state index contributed by atoms with van der Waals surface area (Å²) in [5, 5.41) is 13.4. The summed E-state index contributed by atoms with van der Waals surface area (Å²) in [5.74, 6) is 0. The average Bonchev–Trinajstić information content (AvgIpc) is 2.38. The molecule has 1 aliphatic rings. The van der Waals surface area contributed by atoms with Gasteiger partial charge in [0.2, 0.25) is 0 Å². The van der Waals surface area contributed by atoms with Crippen molar-refractivity contribution in [2.45, 2.75) is 44.2 Å². The minimum atomic E-state index is -0.412. The number of rotatable bonds is 4. The van der Waals surface area contributed by atoms with E-state index in [-0.39, 0.29) is 0 Å². The van der Waals surface area contributed by atoms with E-state index in [1.54, 1.807) is 12.4 Å². The fourth-order valence-corrected chi connectivity index (χ4v) is 2.29. The van der Waals surface area contributed by atoms with Crippen LogP contribution < -0.4 is 5.32 Å². The van der Waals surface area contributed by atoms with E-state index in [0.717, 1.165) is 5.56 Å². The SMILES string of the molecule is OC(CNC1CCCCC1)c1ccncc1. The molecule has 16 heavy (non-hydrogen) atoms. The van der Waals surface area contributed by atoms with Crippen LogP contribution in [0.25, 0.3) is 0 Å². The Balaban J connectivity index is 1.77. The lowest BCUT2D eigenvalue weighted by molar-refractivity contribution is 0.165. The molecule has 1 heterocycles. The molecule has 0 aromatic carbocycles. The molecule has 0 spiro atoms. The predicted octanol–water partition coefficient (Wildman–Crippen LogP) is 2.04. The Hall–Kier alpha value is -0.930. The minimum absolute atomic E-state index is 0.412. The highest BCUT2D eigenvalue weighted by molar-refractivity contribution is 5.13. The van der Waals surface area contributed by atoms with Crippen LogP contribution >= 0.6 is 0 Å². The van der Waals surface area contributed by atoms with Crippen LogP contribution in [0.3, 0.4) is 0 Å². The van der Waals surface area contributed by atoms with Crippen LogP contribution in [0.2, 0.25) is 0 Å². The molecule has 3 heteroatoms. The minimum Gasteiger partial charge on any atom is -0.387 e. The summed E-state index contributed by atoms with van der Waals surface area (Å²) in [6, 6.07) is 4.34. The number of aliphatic hydroxyl groups is 1. The maximum absolute atomic E-state index is 9.96. The van der Waals surface area contributed by atoms with Gasteiger partial charge < -0.3 is 10.4 Å². The summed E-state index contributed by atoms with van der Waals surface area (Å²) in [7, 11) is 0. The Bertz CT molecular complexity index is 296. The molecular formula is C13H20N2O. The molecule has 2 N–H and O–H groups in total. The third-order valence-electron chi connectivity index (χ3n) is 3.30. The lowest BCUT2D eigenvalue weighted by Gasteiger charge is -2.24. The smallest absolute Gasteiger partial charge is 0.0915 e. The average molecular weight is 220 g/mol. The molecule has 0 amide bonds. The highest BCUT2D eigenvalue weighted by atomic mass is 16.3. The van der Waals surface area contributed by atoms with E-state index in [9.17, 15) is 5.11 Å². The third kappa shape index (κ3) is 3.29. The van der Waals surface area contributed by atoms with Crippen molar-refractivity contribution < 1.29 is 5.11 Å². The van der Waals surface area contributed by atoms with Crippen LogP contribution in [0.4, 0.5) is 0 Å². The molecule has 0 aliphatic heterocycles. The van der Waals surface area contributed by atoms with Crippen molar-refractivity contribution in [1.82, 2.24) is 10.3 Å². The molecule has 3 nitrogen and oxygen atoms in total. The number of nitrogens with one attached hydrogen (secondary N) is 1. The zero-order chi connectivity index (χ0) is 11.2. The lowest BCUT2D eigenvalue weighted by atomic mass is 9.95. The van der Waals surface area contributed by atoms with Crippen molar-refractivity contribution in [1.29, 1.82) is 0 Å². The summed E-state index contributed by atoms with van der Waals surface area (Å²) >= 11 is 0. The molecule has 1 fully saturated rings. The number of hydrogen-bond donors (Lipinski definition) is 2. The Labute approximate surface area is 96.9 Å². The molecule has 88 valence electrons. The van der Waals surface area contributed by atoms with Crippen LogP contribution in [0, 0.1) is 0 Å². The van der Waals surface area contributed by atoms with Crippen molar-refractivity contribution in [3.8, 4) is 0 Å². The van der Waals surface area contributed by atoms with Crippen LogP contribution in [0.5, 0.6) is 0 Å². The highest BCUT2D eigenvalue weighted by Gasteiger charge is 2.14. The van der Waals surface area contributed by atoms with Crippen molar-refractivity contribution >= 4 is 0 Å². The van der Waals surface area contributed by atoms with Gasteiger partial charge in [-0.3, -0.25) is 4.98 Å². The molecule has 1 atom stereocenters. The van der Waals surface area contributed by atoms with Crippen molar-refractivity contribution in [2.75, 3.05) is 6.54 Å². The van der Waals surface area contributed by atoms with Gasteiger partial charge in [0, 0.05) is 25.0 Å². The first-order valence-electron chi connectivity index (χ1n) is 6.17. The van der Waals surface area contributed by atoms with Gasteiger partial charge in [-0.25, -0.2) is 0 Å². The van der Waals surface area contributed by atoms with E-state index in [2.05, 4.69) is 10.3 Å². The molecule has 0 bridgehead atoms. The topological polar surface area (TPSA) is 45.1 Å². The summed E-state index contributed by atoms with van der Waals surface area (Å²) in [6.07, 6.45) is 9.55. The molecule has 0 saturated heterocycles. The maximum Gasteiger partial charge on any atom is 0.0915 e. The van der Waals surface area contributed by atoms with Gasteiger partial charge >= 0.3 is 0 Å². The molecular weight excluding hydrogens is 200 g/mol. The number of aliphatic hydroxyl groups excluding tert-OH is 1. The number of aromatic nitrogens is 1. The van der Waals surface area contributed by atoms with Gasteiger partial charge in [0.05, 0.1) is 6.10 Å². The molecule has 1 aromatic heterocycles. The Morgan fingerprint density at radius 1 is 1.25 bits per heavy atom. The van der Waals surface area contributed by atoms with E-state index in [1.807, 2.05) is 12.1 Å². The Morgan fingerprint density at radius 3 is 2.62 bits per heavy atom. The zero-order valence-electron chi connectivity index (χ0n) is 9.60. The zero-order valence-corrected chi connectivity index (χ0v) is 9.60. The normalized spacial score (nSPS) is 19.6. The highest BCUT2D eigenvalue weighted by Crippen LogP contribution is 2.18. The third-order valence-corrected chi connectivity index (χ3v) is 3.30. The van der Waals surface area contributed by atoms with Crippen molar-refractivity contribution in [3.63, 3.8) is 0 Å². The van der Waals surface area contributed by atoms with E-state index in [4.69, 9.17) is 0 Å². The van der Waals surface area contributed by atoms with Crippen molar-refractivity contribution in [3.05, 3.63) is 30.1 Å². The standard InChI is InChI=1S/C13H20N2O/c16-13(11-6-8-14-9-7-11)10-15-12-4-2-1-3-5-12/h6-9,12-13,15-16H,1-5,10H2. The van der Waals surface area contributed by atoms with Gasteiger partial charge in [-0.1, -0.05) is 19.3 Å². The fourth-order valence-electron chi connectivity index (χ4n) is 2.29. The molecule has 2 rings (SSSR count). The van der Waals surface area contributed by atoms with Crippen LogP contribution in [-0.2, 0) is 0 Å². The van der Waals surface area contributed by atoms with Gasteiger partial charge in [-0.15, -0.1) is 0 Å². The number of pyridine rings is 1. The van der Waals surface area contributed by atoms with Gasteiger partial charge in [0.1, 0.15) is 0 Å². The maximum atomic E-state index is 9.96. The van der Waals surface area contributed by atoms with Gasteiger partial charge in [-0.2, -0.15) is 0 Å². The first kappa shape index (κ1) is 11.6. The van der Waals surface area contributed by atoms with Gasteiger partial charge in [-0.05, 0) is 30.5 Å². The fraction of sp³-hybridized carbons (Fsp3) is 0.615. The molecule has 1 unspecified atom stereocenters. The van der Waals surface area contributed by atoms with Crippen LogP contribution in [0.1, 0.15) is 43.8 Å². The number of nitrogens with zero attached hydrogens (tertiary/aromatic N) is 1. The van der Waals surface area contributed by atoms with Gasteiger partial charge in [0.25, 0.3) is 0 Å². The van der Waals surface area contributed by atoms with Crippen LogP contribution in [-0.4, -0.2) is 22.7 Å². The summed E-state index contributed by atoms with van der Waals surface area (Å²) in [6.45, 7) is 0.648. The van der Waals surface area contributed by atoms with Gasteiger partial charge in [0.15, 0.2) is 0 Å². The Morgan fingerprint density at radius 2 is 1.94 bits per heavy atom. The van der Waals surface area contributed by atoms with E-state index in [0.29, 0.717) is 12.6 Å². The first-order chi connectivity index (χ1) is 7.86. The van der Waals surface area contributed by atoms with E-state index < -0.39 is 6.10 Å². The monoisotopic (exact) mass is 220 g/mol. The molecule has 0 radical (unpaired) electrons. The Kier molecular flexibility index (Phi) is 4.31. The quantitative estimate of drug-likeness (QED) is 0.816. The summed E-state index contributed by atoms with van der Waals surface area (Å²) in [4.78, 5) is 3.95.